The van der Waals surface area contributed by atoms with Crippen LogP contribution in [0.1, 0.15) is 42.7 Å². The van der Waals surface area contributed by atoms with E-state index in [1.807, 2.05) is 25.2 Å². The van der Waals surface area contributed by atoms with Gasteiger partial charge in [0.2, 0.25) is 0 Å². The largest absolute Gasteiger partial charge is 0.387 e. The second-order valence-corrected chi connectivity index (χ2v) is 6.25. The van der Waals surface area contributed by atoms with Gasteiger partial charge in [0.25, 0.3) is 0 Å². The molecule has 0 amide bonds. The molecule has 1 atom stereocenters. The third-order valence-corrected chi connectivity index (χ3v) is 3.73. The number of aromatic nitrogens is 2. The first-order valence-corrected chi connectivity index (χ1v) is 7.62. The number of aliphatic hydroxyl groups is 1. The number of nitrogens with zero attached hydrogens (tertiary/aromatic N) is 3. The van der Waals surface area contributed by atoms with Crippen LogP contribution in [0, 0.1) is 11.6 Å². The van der Waals surface area contributed by atoms with E-state index >= 15 is 0 Å². The minimum atomic E-state index is -1.09. The van der Waals surface area contributed by atoms with E-state index in [1.165, 1.54) is 0 Å². The van der Waals surface area contributed by atoms with Crippen LogP contribution < -0.4 is 0 Å². The summed E-state index contributed by atoms with van der Waals surface area (Å²) in [6, 6.07) is 3.11. The van der Waals surface area contributed by atoms with Gasteiger partial charge in [0, 0.05) is 37.5 Å². The molecule has 0 spiro atoms. The van der Waals surface area contributed by atoms with Gasteiger partial charge in [-0.25, -0.2) is 8.78 Å². The van der Waals surface area contributed by atoms with Gasteiger partial charge in [-0.15, -0.1) is 0 Å². The van der Waals surface area contributed by atoms with E-state index in [9.17, 15) is 13.9 Å². The SMILES string of the molecule is CC(C)c1nn(C)cc1CN(C)CC(O)c1cc(F)ccc1F. The maximum absolute atomic E-state index is 13.7. The maximum atomic E-state index is 13.7. The van der Waals surface area contributed by atoms with E-state index in [0.29, 0.717) is 12.5 Å². The summed E-state index contributed by atoms with van der Waals surface area (Å²) in [5, 5.41) is 14.6. The van der Waals surface area contributed by atoms with Crippen molar-refractivity contribution in [2.24, 2.45) is 7.05 Å². The van der Waals surface area contributed by atoms with Crippen LogP contribution in [0.15, 0.2) is 24.4 Å². The summed E-state index contributed by atoms with van der Waals surface area (Å²) in [5.74, 6) is -0.862. The standard InChI is InChI=1S/C17H23F2N3O/c1-11(2)17-12(9-22(4)20-17)8-21(3)10-16(23)14-7-13(18)5-6-15(14)19/h5-7,9,11,16,23H,8,10H2,1-4H3. The number of aliphatic hydroxyl groups excluding tert-OH is 1. The lowest BCUT2D eigenvalue weighted by Crippen LogP contribution is -2.25. The Balaban J connectivity index is 2.07. The van der Waals surface area contributed by atoms with Gasteiger partial charge in [-0.2, -0.15) is 5.10 Å². The lowest BCUT2D eigenvalue weighted by atomic mass is 10.1. The van der Waals surface area contributed by atoms with E-state index in [0.717, 1.165) is 29.5 Å². The number of halogens is 2. The molecule has 0 saturated carbocycles. The molecule has 2 rings (SSSR count). The number of benzene rings is 1. The van der Waals surface area contributed by atoms with Gasteiger partial charge < -0.3 is 5.11 Å². The fraction of sp³-hybridized carbons (Fsp3) is 0.471. The number of rotatable bonds is 6. The molecule has 6 heteroatoms. The van der Waals surface area contributed by atoms with Crippen LogP contribution >= 0.6 is 0 Å². The molecule has 0 aliphatic rings. The number of hydrogen-bond donors (Lipinski definition) is 1. The molecule has 1 unspecified atom stereocenters. The zero-order valence-electron chi connectivity index (χ0n) is 13.9. The van der Waals surface area contributed by atoms with E-state index in [2.05, 4.69) is 18.9 Å². The van der Waals surface area contributed by atoms with Crippen LogP contribution in [0.4, 0.5) is 8.78 Å². The van der Waals surface area contributed by atoms with Crippen molar-refractivity contribution in [3.05, 3.63) is 52.9 Å². The lowest BCUT2D eigenvalue weighted by molar-refractivity contribution is 0.120. The van der Waals surface area contributed by atoms with Crippen molar-refractivity contribution < 1.29 is 13.9 Å². The Hall–Kier alpha value is -1.79. The molecule has 126 valence electrons. The molecule has 0 saturated heterocycles. The molecule has 0 radical (unpaired) electrons. The molecule has 1 aromatic heterocycles. The molecular weight excluding hydrogens is 300 g/mol. The van der Waals surface area contributed by atoms with Crippen molar-refractivity contribution in [3.8, 4) is 0 Å². The second-order valence-electron chi connectivity index (χ2n) is 6.25. The highest BCUT2D eigenvalue weighted by Crippen LogP contribution is 2.22. The normalized spacial score (nSPS) is 13.1. The van der Waals surface area contributed by atoms with Gasteiger partial charge in [0.1, 0.15) is 11.6 Å². The minimum absolute atomic E-state index is 0.0212. The molecular formula is C17H23F2N3O. The molecule has 23 heavy (non-hydrogen) atoms. The predicted molar refractivity (Wildman–Crippen MR) is 84.9 cm³/mol. The molecule has 4 nitrogen and oxygen atoms in total. The van der Waals surface area contributed by atoms with Crippen molar-refractivity contribution in [2.75, 3.05) is 13.6 Å². The maximum Gasteiger partial charge on any atom is 0.129 e. The van der Waals surface area contributed by atoms with Gasteiger partial charge >= 0.3 is 0 Å². The quantitative estimate of drug-likeness (QED) is 0.888. The highest BCUT2D eigenvalue weighted by molar-refractivity contribution is 5.22. The summed E-state index contributed by atoms with van der Waals surface area (Å²) >= 11 is 0. The Bertz CT molecular complexity index is 670. The minimum Gasteiger partial charge on any atom is -0.387 e. The van der Waals surface area contributed by atoms with Crippen molar-refractivity contribution in [1.29, 1.82) is 0 Å². The summed E-state index contributed by atoms with van der Waals surface area (Å²) in [6.45, 7) is 4.92. The summed E-state index contributed by atoms with van der Waals surface area (Å²) < 4.78 is 28.7. The number of likely N-dealkylation sites (N-methyl/N-ethyl adjacent to an activating group) is 1. The summed E-state index contributed by atoms with van der Waals surface area (Å²) in [6.07, 6.45) is 0.857. The Labute approximate surface area is 135 Å². The topological polar surface area (TPSA) is 41.3 Å². The molecule has 1 N–H and O–H groups in total. The first kappa shape index (κ1) is 17.6. The zero-order valence-corrected chi connectivity index (χ0v) is 13.9. The second kappa shape index (κ2) is 7.19. The molecule has 1 heterocycles. The molecule has 0 aliphatic carbocycles. The third kappa shape index (κ3) is 4.36. The van der Waals surface area contributed by atoms with Crippen molar-refractivity contribution in [1.82, 2.24) is 14.7 Å². The average Bonchev–Trinajstić information content (AvgIpc) is 2.82. The zero-order chi connectivity index (χ0) is 17.1. The smallest absolute Gasteiger partial charge is 0.129 e. The van der Waals surface area contributed by atoms with Crippen LogP contribution in [0.2, 0.25) is 0 Å². The molecule has 0 bridgehead atoms. The van der Waals surface area contributed by atoms with E-state index in [1.54, 1.807) is 4.68 Å². The van der Waals surface area contributed by atoms with Crippen LogP contribution in [-0.4, -0.2) is 33.4 Å². The fourth-order valence-electron chi connectivity index (χ4n) is 2.68. The molecule has 1 aromatic carbocycles. The first-order chi connectivity index (χ1) is 10.8. The average molecular weight is 323 g/mol. The van der Waals surface area contributed by atoms with Gasteiger partial charge in [-0.3, -0.25) is 9.58 Å². The number of aryl methyl sites for hydroxylation is 1. The third-order valence-electron chi connectivity index (χ3n) is 3.73. The Morgan fingerprint density at radius 2 is 2.00 bits per heavy atom. The van der Waals surface area contributed by atoms with Gasteiger partial charge in [-0.05, 0) is 31.2 Å². The van der Waals surface area contributed by atoms with E-state index in [4.69, 9.17) is 0 Å². The molecule has 0 fully saturated rings. The molecule has 0 aliphatic heterocycles. The Kier molecular flexibility index (Phi) is 5.49. The van der Waals surface area contributed by atoms with Crippen LogP contribution in [0.5, 0.6) is 0 Å². The van der Waals surface area contributed by atoms with Gasteiger partial charge in [-0.1, -0.05) is 13.8 Å². The van der Waals surface area contributed by atoms with Gasteiger partial charge in [0.05, 0.1) is 11.8 Å². The van der Waals surface area contributed by atoms with Gasteiger partial charge in [0.15, 0.2) is 0 Å². The summed E-state index contributed by atoms with van der Waals surface area (Å²) in [5.41, 5.74) is 2.05. The van der Waals surface area contributed by atoms with Crippen LogP contribution in [-0.2, 0) is 13.6 Å². The predicted octanol–water partition coefficient (Wildman–Crippen LogP) is 2.99. The van der Waals surface area contributed by atoms with Crippen molar-refractivity contribution >= 4 is 0 Å². The van der Waals surface area contributed by atoms with Crippen LogP contribution in [0.3, 0.4) is 0 Å². The number of hydrogen-bond acceptors (Lipinski definition) is 3. The van der Waals surface area contributed by atoms with E-state index in [-0.39, 0.29) is 12.1 Å². The summed E-state index contributed by atoms with van der Waals surface area (Å²) in [4.78, 5) is 1.87. The summed E-state index contributed by atoms with van der Waals surface area (Å²) in [7, 11) is 3.70. The van der Waals surface area contributed by atoms with Crippen LogP contribution in [0.25, 0.3) is 0 Å². The van der Waals surface area contributed by atoms with Crippen molar-refractivity contribution in [2.45, 2.75) is 32.4 Å². The Morgan fingerprint density at radius 1 is 1.30 bits per heavy atom. The van der Waals surface area contributed by atoms with Crippen molar-refractivity contribution in [3.63, 3.8) is 0 Å². The monoisotopic (exact) mass is 323 g/mol. The highest BCUT2D eigenvalue weighted by atomic mass is 19.1. The Morgan fingerprint density at radius 3 is 2.65 bits per heavy atom. The van der Waals surface area contributed by atoms with E-state index < -0.39 is 17.7 Å². The first-order valence-electron chi connectivity index (χ1n) is 7.62. The lowest BCUT2D eigenvalue weighted by Gasteiger charge is -2.21. The fourth-order valence-corrected chi connectivity index (χ4v) is 2.68. The molecule has 2 aromatic rings. The highest BCUT2D eigenvalue weighted by Gasteiger charge is 2.18.